The number of rotatable bonds is 9. The fraction of sp³-hybridized carbons (Fsp3) is 0.333. The molecule has 34 heavy (non-hydrogen) atoms. The molecular formula is C21H21ClF3N3O5S. The summed E-state index contributed by atoms with van der Waals surface area (Å²) in [7, 11) is -4.50. The maximum Gasteiger partial charge on any atom is 0.434 e. The van der Waals surface area contributed by atoms with E-state index in [9.17, 15) is 26.4 Å². The van der Waals surface area contributed by atoms with Crippen LogP contribution in [0.3, 0.4) is 0 Å². The molecule has 0 aliphatic carbocycles. The van der Waals surface area contributed by atoms with Gasteiger partial charge in [0.2, 0.25) is 15.9 Å². The number of alkyl halides is 2. The number of benzene rings is 2. The number of hydrogen-bond acceptors (Lipinski definition) is 6. The van der Waals surface area contributed by atoms with E-state index < -0.39 is 57.2 Å². The van der Waals surface area contributed by atoms with E-state index in [1.165, 1.54) is 19.1 Å². The fourth-order valence-corrected chi connectivity index (χ4v) is 5.03. The van der Waals surface area contributed by atoms with Crippen LogP contribution < -0.4 is 15.2 Å². The second kappa shape index (κ2) is 10.2. The minimum absolute atomic E-state index is 0.0592. The lowest BCUT2D eigenvalue weighted by atomic mass is 9.88. The van der Waals surface area contributed by atoms with Crippen molar-refractivity contribution in [1.29, 1.82) is 0 Å². The van der Waals surface area contributed by atoms with E-state index in [2.05, 4.69) is 9.82 Å². The monoisotopic (exact) mass is 519 g/mol. The summed E-state index contributed by atoms with van der Waals surface area (Å²) < 4.78 is 79.0. The highest BCUT2D eigenvalue weighted by Gasteiger charge is 2.34. The second-order valence-corrected chi connectivity index (χ2v) is 9.65. The van der Waals surface area contributed by atoms with Crippen LogP contribution in [0.2, 0.25) is 5.02 Å². The Kier molecular flexibility index (Phi) is 7.74. The van der Waals surface area contributed by atoms with Crippen LogP contribution in [0.1, 0.15) is 41.5 Å². The van der Waals surface area contributed by atoms with E-state index in [-0.39, 0.29) is 16.5 Å². The number of sulfonamides is 1. The Labute approximate surface area is 198 Å². The Balaban J connectivity index is 2.08. The molecule has 0 spiro atoms. The highest BCUT2D eigenvalue weighted by molar-refractivity contribution is 7.89. The Bertz CT molecular complexity index is 1340. The summed E-state index contributed by atoms with van der Waals surface area (Å²) in [5.74, 6) is -3.19. The minimum Gasteiger partial charge on any atom is -0.486 e. The van der Waals surface area contributed by atoms with Gasteiger partial charge in [0.15, 0.2) is 0 Å². The summed E-state index contributed by atoms with van der Waals surface area (Å²) in [6, 6.07) is 4.87. The van der Waals surface area contributed by atoms with Crippen molar-refractivity contribution in [2.24, 2.45) is 0 Å². The summed E-state index contributed by atoms with van der Waals surface area (Å²) in [4.78, 5) is 11.1. The quantitative estimate of drug-likeness (QED) is 0.437. The van der Waals surface area contributed by atoms with Gasteiger partial charge in [-0.2, -0.15) is 4.72 Å². The zero-order valence-corrected chi connectivity index (χ0v) is 19.8. The number of aromatic amines is 1. The second-order valence-electron chi connectivity index (χ2n) is 7.54. The third kappa shape index (κ3) is 5.62. The lowest BCUT2D eigenvalue weighted by Gasteiger charge is -2.25. The SMILES string of the molecule is Cc1ccc(F)c(C(C)C(NS(=O)(=O)c2ccc(Cl)cc2OCC(F)F)c2n[nH]c(=O)o2)c1C. The molecular weight excluding hydrogens is 499 g/mol. The molecule has 3 rings (SSSR count). The van der Waals surface area contributed by atoms with Gasteiger partial charge in [-0.1, -0.05) is 24.6 Å². The van der Waals surface area contributed by atoms with Crippen LogP contribution in [0, 0.1) is 19.7 Å². The summed E-state index contributed by atoms with van der Waals surface area (Å²) in [6.07, 6.45) is -2.86. The molecule has 0 bridgehead atoms. The maximum atomic E-state index is 14.8. The van der Waals surface area contributed by atoms with Crippen molar-refractivity contribution in [3.8, 4) is 5.75 Å². The van der Waals surface area contributed by atoms with Gasteiger partial charge in [-0.3, -0.25) is 0 Å². The van der Waals surface area contributed by atoms with Crippen molar-refractivity contribution in [1.82, 2.24) is 14.9 Å². The van der Waals surface area contributed by atoms with Crippen molar-refractivity contribution in [3.63, 3.8) is 0 Å². The van der Waals surface area contributed by atoms with Gasteiger partial charge in [-0.05, 0) is 48.7 Å². The van der Waals surface area contributed by atoms with Crippen molar-refractivity contribution >= 4 is 21.6 Å². The van der Waals surface area contributed by atoms with E-state index in [0.29, 0.717) is 5.56 Å². The minimum atomic E-state index is -4.50. The Morgan fingerprint density at radius 1 is 1.24 bits per heavy atom. The summed E-state index contributed by atoms with van der Waals surface area (Å²) in [5, 5.41) is 5.82. The van der Waals surface area contributed by atoms with Gasteiger partial charge in [0, 0.05) is 17.0 Å². The zero-order chi connectivity index (χ0) is 25.2. The number of H-pyrrole nitrogens is 1. The summed E-state index contributed by atoms with van der Waals surface area (Å²) >= 11 is 5.88. The Morgan fingerprint density at radius 2 is 1.94 bits per heavy atom. The van der Waals surface area contributed by atoms with Gasteiger partial charge in [-0.25, -0.2) is 31.5 Å². The standard InChI is InChI=1S/C21H21ClF3N3O5S/c1-10-4-6-14(23)18(11(10)2)12(3)19(20-26-27-21(29)33-20)28-34(30,31)16-7-5-13(22)8-15(16)32-9-17(24)25/h4-8,12,17,19,28H,9H2,1-3H3,(H,27,29). The molecule has 0 saturated carbocycles. The van der Waals surface area contributed by atoms with Crippen LogP contribution >= 0.6 is 11.6 Å². The fourth-order valence-electron chi connectivity index (χ4n) is 3.47. The number of nitrogens with one attached hydrogen (secondary N) is 2. The maximum absolute atomic E-state index is 14.8. The predicted octanol–water partition coefficient (Wildman–Crippen LogP) is 4.24. The first kappa shape index (κ1) is 25.8. The molecule has 0 radical (unpaired) electrons. The number of nitrogens with zero attached hydrogens (tertiary/aromatic N) is 1. The molecule has 2 atom stereocenters. The Morgan fingerprint density at radius 3 is 2.56 bits per heavy atom. The highest BCUT2D eigenvalue weighted by atomic mass is 35.5. The zero-order valence-electron chi connectivity index (χ0n) is 18.2. The van der Waals surface area contributed by atoms with Crippen LogP contribution in [0.4, 0.5) is 13.2 Å². The van der Waals surface area contributed by atoms with Gasteiger partial charge >= 0.3 is 5.76 Å². The topological polar surface area (TPSA) is 114 Å². The number of aromatic nitrogens is 2. The number of aryl methyl sites for hydroxylation is 1. The molecule has 184 valence electrons. The summed E-state index contributed by atoms with van der Waals surface area (Å²) in [5.41, 5.74) is 1.51. The van der Waals surface area contributed by atoms with E-state index in [4.69, 9.17) is 20.8 Å². The molecule has 8 nitrogen and oxygen atoms in total. The first-order chi connectivity index (χ1) is 15.9. The average molecular weight is 520 g/mol. The predicted molar refractivity (Wildman–Crippen MR) is 117 cm³/mol. The van der Waals surface area contributed by atoms with Gasteiger partial charge < -0.3 is 9.15 Å². The lowest BCUT2D eigenvalue weighted by Crippen LogP contribution is -2.33. The van der Waals surface area contributed by atoms with E-state index >= 15 is 0 Å². The number of ether oxygens (including phenoxy) is 1. The number of hydrogen-bond donors (Lipinski definition) is 2. The van der Waals surface area contributed by atoms with E-state index in [1.54, 1.807) is 19.9 Å². The summed E-state index contributed by atoms with van der Waals surface area (Å²) in [6.45, 7) is 3.90. The first-order valence-electron chi connectivity index (χ1n) is 9.94. The molecule has 0 aliphatic rings. The molecule has 0 amide bonds. The molecule has 3 aromatic rings. The molecule has 1 heterocycles. The average Bonchev–Trinajstić information content (AvgIpc) is 3.19. The van der Waals surface area contributed by atoms with Crippen LogP contribution in [-0.4, -0.2) is 31.6 Å². The van der Waals surface area contributed by atoms with Crippen molar-refractivity contribution in [3.05, 3.63) is 74.3 Å². The van der Waals surface area contributed by atoms with Gasteiger partial charge in [-0.15, -0.1) is 5.10 Å². The van der Waals surface area contributed by atoms with Crippen LogP contribution in [0.25, 0.3) is 0 Å². The van der Waals surface area contributed by atoms with E-state index in [1.807, 2.05) is 5.10 Å². The smallest absolute Gasteiger partial charge is 0.434 e. The van der Waals surface area contributed by atoms with Crippen molar-refractivity contribution in [2.45, 2.75) is 44.1 Å². The number of halogens is 4. The highest BCUT2D eigenvalue weighted by Crippen LogP contribution is 2.36. The normalized spacial score (nSPS) is 13.8. The van der Waals surface area contributed by atoms with Gasteiger partial charge in [0.25, 0.3) is 6.43 Å². The van der Waals surface area contributed by atoms with Crippen molar-refractivity contribution < 1.29 is 30.7 Å². The molecule has 1 aromatic heterocycles. The van der Waals surface area contributed by atoms with Crippen LogP contribution in [0.15, 0.2) is 44.4 Å². The Hall–Kier alpha value is -2.83. The third-order valence-electron chi connectivity index (χ3n) is 5.25. The largest absolute Gasteiger partial charge is 0.486 e. The lowest BCUT2D eigenvalue weighted by molar-refractivity contribution is 0.0804. The third-order valence-corrected chi connectivity index (χ3v) is 6.97. The molecule has 0 fully saturated rings. The van der Waals surface area contributed by atoms with Gasteiger partial charge in [0.05, 0.1) is 0 Å². The van der Waals surface area contributed by atoms with Crippen LogP contribution in [-0.2, 0) is 10.0 Å². The molecule has 13 heteroatoms. The van der Waals surface area contributed by atoms with Gasteiger partial charge in [0.1, 0.15) is 29.1 Å². The molecule has 0 aliphatic heterocycles. The van der Waals surface area contributed by atoms with E-state index in [0.717, 1.165) is 17.7 Å². The van der Waals surface area contributed by atoms with Crippen molar-refractivity contribution in [2.75, 3.05) is 6.61 Å². The molecule has 2 N–H and O–H groups in total. The molecule has 2 aromatic carbocycles. The van der Waals surface area contributed by atoms with Crippen LogP contribution in [0.5, 0.6) is 5.75 Å². The molecule has 0 saturated heterocycles. The first-order valence-corrected chi connectivity index (χ1v) is 11.8. The molecule has 2 unspecified atom stereocenters.